The Hall–Kier alpha value is -0.290. The van der Waals surface area contributed by atoms with Crippen LogP contribution in [0.2, 0.25) is 0 Å². The van der Waals surface area contributed by atoms with Crippen LogP contribution in [0.1, 0.15) is 19.3 Å². The highest BCUT2D eigenvalue weighted by Gasteiger charge is 2.39. The van der Waals surface area contributed by atoms with Crippen molar-refractivity contribution in [2.24, 2.45) is 0 Å². The van der Waals surface area contributed by atoms with E-state index in [4.69, 9.17) is 0 Å². The summed E-state index contributed by atoms with van der Waals surface area (Å²) in [6, 6.07) is 8.27. The van der Waals surface area contributed by atoms with Crippen molar-refractivity contribution in [1.82, 2.24) is 0 Å². The van der Waals surface area contributed by atoms with Gasteiger partial charge in [0.2, 0.25) is 0 Å². The van der Waals surface area contributed by atoms with E-state index in [1.54, 1.807) is 0 Å². The summed E-state index contributed by atoms with van der Waals surface area (Å²) in [5.74, 6) is 0. The van der Waals surface area contributed by atoms with E-state index in [1.807, 2.05) is 6.07 Å². The first-order valence-corrected chi connectivity index (χ1v) is 5.98. The van der Waals surface area contributed by atoms with Crippen LogP contribution in [-0.2, 0) is 0 Å². The third-order valence-electron chi connectivity index (χ3n) is 2.57. The number of hydrogen-bond acceptors (Lipinski definition) is 2. The Morgan fingerprint density at radius 3 is 2.86 bits per heavy atom. The molecule has 2 rings (SSSR count). The van der Waals surface area contributed by atoms with E-state index >= 15 is 0 Å². The Labute approximate surface area is 97.9 Å². The zero-order chi connectivity index (χ0) is 10.0. The Morgan fingerprint density at radius 1 is 1.43 bits per heavy atom. The highest BCUT2D eigenvalue weighted by atomic mass is 127. The molecule has 1 aromatic rings. The van der Waals surface area contributed by atoms with Gasteiger partial charge in [0.1, 0.15) is 0 Å². The van der Waals surface area contributed by atoms with Crippen molar-refractivity contribution < 1.29 is 5.11 Å². The first-order chi connectivity index (χ1) is 6.68. The molecule has 1 aliphatic carbocycles. The molecule has 0 heterocycles. The third-order valence-corrected chi connectivity index (χ3v) is 3.24. The van der Waals surface area contributed by atoms with Gasteiger partial charge in [-0.3, -0.25) is 0 Å². The fourth-order valence-corrected chi connectivity index (χ4v) is 1.98. The average Bonchev–Trinajstić information content (AvgIpc) is 2.84. The minimum Gasteiger partial charge on any atom is -0.390 e. The first kappa shape index (κ1) is 10.2. The van der Waals surface area contributed by atoms with E-state index in [1.165, 1.54) is 3.57 Å². The molecule has 1 fully saturated rings. The smallest absolute Gasteiger partial charge is 0.0666 e. The molecule has 1 aliphatic rings. The van der Waals surface area contributed by atoms with Gasteiger partial charge >= 0.3 is 0 Å². The lowest BCUT2D eigenvalue weighted by Gasteiger charge is -2.09. The Kier molecular flexibility index (Phi) is 2.97. The van der Waals surface area contributed by atoms with Crippen molar-refractivity contribution in [2.45, 2.75) is 24.9 Å². The maximum atomic E-state index is 9.62. The predicted octanol–water partition coefficient (Wildman–Crippen LogP) is 2.62. The summed E-state index contributed by atoms with van der Waals surface area (Å²) < 4.78 is 1.23. The second kappa shape index (κ2) is 4.06. The zero-order valence-corrected chi connectivity index (χ0v) is 10.1. The van der Waals surface area contributed by atoms with Crippen LogP contribution in [0.5, 0.6) is 0 Å². The molecule has 0 amide bonds. The van der Waals surface area contributed by atoms with Gasteiger partial charge in [-0.15, -0.1) is 0 Å². The fourth-order valence-electron chi connectivity index (χ4n) is 1.43. The van der Waals surface area contributed by atoms with Gasteiger partial charge < -0.3 is 10.4 Å². The quantitative estimate of drug-likeness (QED) is 0.838. The SMILES string of the molecule is OC1(CCNc2cccc(I)c2)CC1. The number of nitrogens with one attached hydrogen (secondary N) is 1. The van der Waals surface area contributed by atoms with Crippen molar-refractivity contribution in [3.63, 3.8) is 0 Å². The molecule has 2 nitrogen and oxygen atoms in total. The number of halogens is 1. The molecule has 0 bridgehead atoms. The van der Waals surface area contributed by atoms with Crippen molar-refractivity contribution in [1.29, 1.82) is 0 Å². The Bertz CT molecular complexity index is 323. The summed E-state index contributed by atoms with van der Waals surface area (Å²) in [7, 11) is 0. The number of benzene rings is 1. The van der Waals surface area contributed by atoms with E-state index in [-0.39, 0.29) is 5.60 Å². The second-order valence-corrected chi connectivity index (χ2v) is 5.16. The Morgan fingerprint density at radius 2 is 2.21 bits per heavy atom. The van der Waals surface area contributed by atoms with Crippen LogP contribution >= 0.6 is 22.6 Å². The van der Waals surface area contributed by atoms with Gasteiger partial charge in [0.05, 0.1) is 5.60 Å². The summed E-state index contributed by atoms with van der Waals surface area (Å²) in [5.41, 5.74) is 0.802. The Balaban J connectivity index is 1.80. The van der Waals surface area contributed by atoms with E-state index in [9.17, 15) is 5.11 Å². The van der Waals surface area contributed by atoms with E-state index in [2.05, 4.69) is 46.1 Å². The largest absolute Gasteiger partial charge is 0.390 e. The van der Waals surface area contributed by atoms with Gasteiger partial charge in [0.15, 0.2) is 0 Å². The van der Waals surface area contributed by atoms with Gasteiger partial charge in [-0.05, 0) is 60.1 Å². The molecule has 14 heavy (non-hydrogen) atoms. The van der Waals surface area contributed by atoms with Crippen LogP contribution in [0, 0.1) is 3.57 Å². The lowest BCUT2D eigenvalue weighted by Crippen LogP contribution is -2.13. The first-order valence-electron chi connectivity index (χ1n) is 4.90. The minimum atomic E-state index is -0.338. The van der Waals surface area contributed by atoms with E-state index in [0.717, 1.165) is 31.5 Å². The molecular formula is C11H14INO. The molecule has 0 atom stereocenters. The van der Waals surface area contributed by atoms with Gasteiger partial charge in [-0.25, -0.2) is 0 Å². The number of anilines is 1. The van der Waals surface area contributed by atoms with Crippen LogP contribution in [0.15, 0.2) is 24.3 Å². The second-order valence-electron chi connectivity index (χ2n) is 3.91. The molecular weight excluding hydrogens is 289 g/mol. The van der Waals surface area contributed by atoms with Crippen molar-refractivity contribution in [3.05, 3.63) is 27.8 Å². The zero-order valence-electron chi connectivity index (χ0n) is 7.96. The van der Waals surface area contributed by atoms with Gasteiger partial charge in [-0.1, -0.05) is 6.07 Å². The summed E-state index contributed by atoms with van der Waals surface area (Å²) in [4.78, 5) is 0. The molecule has 3 heteroatoms. The summed E-state index contributed by atoms with van der Waals surface area (Å²) in [6.07, 6.45) is 2.81. The molecule has 0 radical (unpaired) electrons. The van der Waals surface area contributed by atoms with Crippen LogP contribution in [0.25, 0.3) is 0 Å². The highest BCUT2D eigenvalue weighted by molar-refractivity contribution is 14.1. The fraction of sp³-hybridized carbons (Fsp3) is 0.455. The lowest BCUT2D eigenvalue weighted by molar-refractivity contribution is 0.144. The molecule has 0 saturated heterocycles. The topological polar surface area (TPSA) is 32.3 Å². The predicted molar refractivity (Wildman–Crippen MR) is 66.4 cm³/mol. The molecule has 1 saturated carbocycles. The molecule has 0 aromatic heterocycles. The maximum absolute atomic E-state index is 9.62. The maximum Gasteiger partial charge on any atom is 0.0666 e. The van der Waals surface area contributed by atoms with Crippen molar-refractivity contribution >= 4 is 28.3 Å². The van der Waals surface area contributed by atoms with Crippen LogP contribution < -0.4 is 5.32 Å². The van der Waals surface area contributed by atoms with Gasteiger partial charge in [0.25, 0.3) is 0 Å². The molecule has 0 spiro atoms. The molecule has 76 valence electrons. The lowest BCUT2D eigenvalue weighted by atomic mass is 10.2. The summed E-state index contributed by atoms with van der Waals surface area (Å²) >= 11 is 2.30. The van der Waals surface area contributed by atoms with Crippen molar-refractivity contribution in [2.75, 3.05) is 11.9 Å². The highest BCUT2D eigenvalue weighted by Crippen LogP contribution is 2.38. The molecule has 0 unspecified atom stereocenters. The van der Waals surface area contributed by atoms with E-state index < -0.39 is 0 Å². The van der Waals surface area contributed by atoms with Crippen LogP contribution in [0.3, 0.4) is 0 Å². The van der Waals surface area contributed by atoms with Gasteiger partial charge in [-0.2, -0.15) is 0 Å². The summed E-state index contributed by atoms with van der Waals surface area (Å²) in [6.45, 7) is 0.858. The van der Waals surface area contributed by atoms with Gasteiger partial charge in [0, 0.05) is 15.8 Å². The number of rotatable bonds is 4. The molecule has 2 N–H and O–H groups in total. The number of aliphatic hydroxyl groups is 1. The monoisotopic (exact) mass is 303 g/mol. The average molecular weight is 303 g/mol. The normalized spacial score (nSPS) is 17.9. The van der Waals surface area contributed by atoms with Crippen LogP contribution in [0.4, 0.5) is 5.69 Å². The number of hydrogen-bond donors (Lipinski definition) is 2. The summed E-state index contributed by atoms with van der Waals surface area (Å²) in [5, 5.41) is 12.9. The van der Waals surface area contributed by atoms with Crippen LogP contribution in [-0.4, -0.2) is 17.3 Å². The third kappa shape index (κ3) is 2.85. The van der Waals surface area contributed by atoms with Crippen molar-refractivity contribution in [3.8, 4) is 0 Å². The standard InChI is InChI=1S/C11H14INO/c12-9-2-1-3-10(8-9)13-7-6-11(14)4-5-11/h1-3,8,13-14H,4-7H2. The van der Waals surface area contributed by atoms with E-state index in [0.29, 0.717) is 0 Å². The molecule has 0 aliphatic heterocycles. The molecule has 1 aromatic carbocycles. The minimum absolute atomic E-state index is 0.338.